The summed E-state index contributed by atoms with van der Waals surface area (Å²) in [5.74, 6) is 1.35. The number of methoxy groups -OCH3 is 1. The van der Waals surface area contributed by atoms with Gasteiger partial charge in [0.1, 0.15) is 11.5 Å². The zero-order valence-corrected chi connectivity index (χ0v) is 16.6. The highest BCUT2D eigenvalue weighted by Crippen LogP contribution is 2.27. The van der Waals surface area contributed by atoms with E-state index in [0.29, 0.717) is 11.8 Å². The van der Waals surface area contributed by atoms with Crippen LogP contribution >= 0.6 is 0 Å². The molecule has 0 radical (unpaired) electrons. The molecular formula is C23H25N3O3. The Kier molecular flexibility index (Phi) is 5.53. The van der Waals surface area contributed by atoms with E-state index in [9.17, 15) is 4.79 Å². The molecule has 3 aromatic rings. The van der Waals surface area contributed by atoms with Crippen LogP contribution in [0.25, 0.3) is 11.3 Å². The highest BCUT2D eigenvalue weighted by Gasteiger charge is 2.21. The second-order valence-corrected chi connectivity index (χ2v) is 7.12. The van der Waals surface area contributed by atoms with Gasteiger partial charge in [-0.15, -0.1) is 0 Å². The average Bonchev–Trinajstić information content (AvgIpc) is 3.44. The summed E-state index contributed by atoms with van der Waals surface area (Å²) in [6, 6.07) is 19.5. The van der Waals surface area contributed by atoms with Crippen molar-refractivity contribution in [3.8, 4) is 17.1 Å². The fourth-order valence-electron chi connectivity index (χ4n) is 3.57. The molecule has 0 saturated carbocycles. The lowest BCUT2D eigenvalue weighted by Crippen LogP contribution is -2.29. The van der Waals surface area contributed by atoms with Crippen molar-refractivity contribution in [1.82, 2.24) is 5.32 Å². The van der Waals surface area contributed by atoms with Crippen molar-refractivity contribution < 1.29 is 13.9 Å². The van der Waals surface area contributed by atoms with Crippen LogP contribution in [0, 0.1) is 0 Å². The number of carbonyl (C=O) groups is 1. The maximum atomic E-state index is 12.6. The summed E-state index contributed by atoms with van der Waals surface area (Å²) in [4.78, 5) is 14.9. The zero-order chi connectivity index (χ0) is 20.2. The SMILES string of the molecule is CNC1CCN(c2ccc(NC(=O)c3ccc(-c4cccc(OC)c4)o3)cc2)C1. The Morgan fingerprint density at radius 2 is 1.97 bits per heavy atom. The van der Waals surface area contributed by atoms with Crippen molar-refractivity contribution in [3.05, 3.63) is 66.4 Å². The van der Waals surface area contributed by atoms with E-state index in [2.05, 4.69) is 15.5 Å². The van der Waals surface area contributed by atoms with E-state index in [-0.39, 0.29) is 11.7 Å². The fraction of sp³-hybridized carbons (Fsp3) is 0.261. The largest absolute Gasteiger partial charge is 0.497 e. The third-order valence-electron chi connectivity index (χ3n) is 5.27. The lowest BCUT2D eigenvalue weighted by Gasteiger charge is -2.19. The van der Waals surface area contributed by atoms with Gasteiger partial charge in [-0.05, 0) is 62.0 Å². The number of likely N-dealkylation sites (N-methyl/N-ethyl adjacent to an activating group) is 1. The first-order valence-corrected chi connectivity index (χ1v) is 9.74. The number of anilines is 2. The Morgan fingerprint density at radius 3 is 2.69 bits per heavy atom. The molecule has 2 aromatic carbocycles. The van der Waals surface area contributed by atoms with Gasteiger partial charge in [0.25, 0.3) is 5.91 Å². The van der Waals surface area contributed by atoms with E-state index in [0.717, 1.165) is 36.5 Å². The minimum Gasteiger partial charge on any atom is -0.497 e. The maximum absolute atomic E-state index is 12.6. The van der Waals surface area contributed by atoms with E-state index in [1.54, 1.807) is 19.2 Å². The number of hydrogen-bond acceptors (Lipinski definition) is 5. The molecule has 0 bridgehead atoms. The van der Waals surface area contributed by atoms with Crippen LogP contribution in [0.15, 0.2) is 65.1 Å². The highest BCUT2D eigenvalue weighted by molar-refractivity contribution is 6.02. The van der Waals surface area contributed by atoms with Gasteiger partial charge in [-0.1, -0.05) is 12.1 Å². The number of carbonyl (C=O) groups excluding carboxylic acids is 1. The Morgan fingerprint density at radius 1 is 1.14 bits per heavy atom. The predicted octanol–water partition coefficient (Wildman–Crippen LogP) is 4.01. The van der Waals surface area contributed by atoms with E-state index >= 15 is 0 Å². The number of rotatable bonds is 6. The van der Waals surface area contributed by atoms with Gasteiger partial charge in [0.05, 0.1) is 7.11 Å². The maximum Gasteiger partial charge on any atom is 0.291 e. The zero-order valence-electron chi connectivity index (χ0n) is 16.6. The minimum absolute atomic E-state index is 0.267. The van der Waals surface area contributed by atoms with Crippen LogP contribution in [0.3, 0.4) is 0 Å². The second kappa shape index (κ2) is 8.41. The van der Waals surface area contributed by atoms with Gasteiger partial charge in [0.15, 0.2) is 5.76 Å². The number of hydrogen-bond donors (Lipinski definition) is 2. The van der Waals surface area contributed by atoms with E-state index in [4.69, 9.17) is 9.15 Å². The van der Waals surface area contributed by atoms with Gasteiger partial charge in [-0.3, -0.25) is 4.79 Å². The summed E-state index contributed by atoms with van der Waals surface area (Å²) in [6.45, 7) is 2.04. The van der Waals surface area contributed by atoms with E-state index in [1.165, 1.54) is 5.69 Å². The van der Waals surface area contributed by atoms with Crippen molar-refractivity contribution >= 4 is 17.3 Å². The summed E-state index contributed by atoms with van der Waals surface area (Å²) in [7, 11) is 3.62. The Balaban J connectivity index is 1.41. The summed E-state index contributed by atoms with van der Waals surface area (Å²) in [5, 5.41) is 6.22. The standard InChI is InChI=1S/C23H25N3O3/c1-24-18-12-13-26(15-18)19-8-6-17(7-9-19)25-23(27)22-11-10-21(29-22)16-4-3-5-20(14-16)28-2/h3-11,14,18,24H,12-13,15H2,1-2H3,(H,25,27). The molecule has 0 aliphatic carbocycles. The predicted molar refractivity (Wildman–Crippen MR) is 115 cm³/mol. The lowest BCUT2D eigenvalue weighted by molar-refractivity contribution is 0.0997. The van der Waals surface area contributed by atoms with Crippen LogP contribution in [-0.4, -0.2) is 39.2 Å². The molecular weight excluding hydrogens is 366 g/mol. The van der Waals surface area contributed by atoms with Crippen LogP contribution < -0.4 is 20.3 Å². The molecule has 2 heterocycles. The van der Waals surface area contributed by atoms with Crippen molar-refractivity contribution in [2.45, 2.75) is 12.5 Å². The molecule has 4 rings (SSSR count). The van der Waals surface area contributed by atoms with E-state index < -0.39 is 0 Å². The van der Waals surface area contributed by atoms with Crippen LogP contribution in [0.1, 0.15) is 17.0 Å². The van der Waals surface area contributed by atoms with Crippen LogP contribution in [-0.2, 0) is 0 Å². The summed E-state index contributed by atoms with van der Waals surface area (Å²) < 4.78 is 11.0. The third-order valence-corrected chi connectivity index (χ3v) is 5.27. The number of furan rings is 1. The third kappa shape index (κ3) is 4.27. The van der Waals surface area contributed by atoms with Crippen LogP contribution in [0.5, 0.6) is 5.75 Å². The molecule has 29 heavy (non-hydrogen) atoms. The van der Waals surface area contributed by atoms with Gasteiger partial charge in [-0.25, -0.2) is 0 Å². The molecule has 1 aromatic heterocycles. The van der Waals surface area contributed by atoms with Gasteiger partial charge < -0.3 is 24.7 Å². The molecule has 6 heteroatoms. The Labute approximate surface area is 170 Å². The molecule has 6 nitrogen and oxygen atoms in total. The van der Waals surface area contributed by atoms with E-state index in [1.807, 2.05) is 55.6 Å². The smallest absolute Gasteiger partial charge is 0.291 e. The average molecular weight is 391 g/mol. The van der Waals surface area contributed by atoms with Crippen LogP contribution in [0.4, 0.5) is 11.4 Å². The Hall–Kier alpha value is -3.25. The Bertz CT molecular complexity index is 981. The van der Waals surface area contributed by atoms with Crippen molar-refractivity contribution in [2.75, 3.05) is 37.5 Å². The topological polar surface area (TPSA) is 66.7 Å². The molecule has 1 atom stereocenters. The number of ether oxygens (including phenoxy) is 1. The number of benzene rings is 2. The molecule has 1 amide bonds. The first-order valence-electron chi connectivity index (χ1n) is 9.74. The molecule has 0 spiro atoms. The first kappa shape index (κ1) is 19.1. The van der Waals surface area contributed by atoms with Gasteiger partial charge in [-0.2, -0.15) is 0 Å². The monoisotopic (exact) mass is 391 g/mol. The molecule has 1 aliphatic heterocycles. The van der Waals surface area contributed by atoms with Crippen molar-refractivity contribution in [2.24, 2.45) is 0 Å². The number of amides is 1. The summed E-state index contributed by atoms with van der Waals surface area (Å²) in [5.41, 5.74) is 2.76. The first-order chi connectivity index (χ1) is 14.2. The molecule has 150 valence electrons. The summed E-state index contributed by atoms with van der Waals surface area (Å²) in [6.07, 6.45) is 1.14. The minimum atomic E-state index is -0.275. The van der Waals surface area contributed by atoms with Gasteiger partial charge >= 0.3 is 0 Å². The fourth-order valence-corrected chi connectivity index (χ4v) is 3.57. The molecule has 1 saturated heterocycles. The molecule has 1 unspecified atom stereocenters. The number of nitrogens with one attached hydrogen (secondary N) is 2. The molecule has 1 aliphatic rings. The number of nitrogens with zero attached hydrogens (tertiary/aromatic N) is 1. The molecule has 2 N–H and O–H groups in total. The summed E-state index contributed by atoms with van der Waals surface area (Å²) >= 11 is 0. The van der Waals surface area contributed by atoms with Crippen LogP contribution in [0.2, 0.25) is 0 Å². The lowest BCUT2D eigenvalue weighted by atomic mass is 10.2. The van der Waals surface area contributed by atoms with Crippen molar-refractivity contribution in [1.29, 1.82) is 0 Å². The second-order valence-electron chi connectivity index (χ2n) is 7.12. The highest BCUT2D eigenvalue weighted by atomic mass is 16.5. The van der Waals surface area contributed by atoms with Crippen molar-refractivity contribution in [3.63, 3.8) is 0 Å². The van der Waals surface area contributed by atoms with Gasteiger partial charge in [0, 0.05) is 36.1 Å². The van der Waals surface area contributed by atoms with Gasteiger partial charge in [0.2, 0.25) is 0 Å². The normalized spacial score (nSPS) is 16.1. The molecule has 1 fully saturated rings. The quantitative estimate of drug-likeness (QED) is 0.665.